The van der Waals surface area contributed by atoms with Crippen LogP contribution in [0.5, 0.6) is 0 Å². The molecule has 1 heterocycles. The van der Waals surface area contributed by atoms with E-state index in [0.717, 1.165) is 0 Å². The van der Waals surface area contributed by atoms with E-state index >= 15 is 0 Å². The fourth-order valence-electron chi connectivity index (χ4n) is 1.04. The third-order valence-corrected chi connectivity index (χ3v) is 2.08. The molecule has 0 spiro atoms. The molecular formula is C10H15N3O2. The Bertz CT molecular complexity index is 386. The predicted molar refractivity (Wildman–Crippen MR) is 57.6 cm³/mol. The summed E-state index contributed by atoms with van der Waals surface area (Å²) >= 11 is 0. The minimum Gasteiger partial charge on any atom is -0.367 e. The van der Waals surface area contributed by atoms with Gasteiger partial charge in [-0.3, -0.25) is 9.59 Å². The van der Waals surface area contributed by atoms with Crippen LogP contribution in [0.25, 0.3) is 0 Å². The zero-order valence-electron chi connectivity index (χ0n) is 8.62. The van der Waals surface area contributed by atoms with E-state index < -0.39 is 0 Å². The number of hydrogen-bond donors (Lipinski definition) is 3. The van der Waals surface area contributed by atoms with E-state index in [1.54, 1.807) is 0 Å². The first kappa shape index (κ1) is 11.5. The van der Waals surface area contributed by atoms with E-state index in [1.165, 1.54) is 18.5 Å². The van der Waals surface area contributed by atoms with Crippen molar-refractivity contribution in [2.75, 3.05) is 13.1 Å². The van der Waals surface area contributed by atoms with Crippen molar-refractivity contribution in [2.24, 2.45) is 11.7 Å². The van der Waals surface area contributed by atoms with Gasteiger partial charge >= 0.3 is 0 Å². The minimum absolute atomic E-state index is 0.127. The van der Waals surface area contributed by atoms with Crippen molar-refractivity contribution in [3.8, 4) is 0 Å². The molecule has 0 fully saturated rings. The highest BCUT2D eigenvalue weighted by Crippen LogP contribution is 1.91. The summed E-state index contributed by atoms with van der Waals surface area (Å²) in [5.41, 5.74) is 5.25. The van der Waals surface area contributed by atoms with E-state index in [1.807, 2.05) is 6.92 Å². The number of nitrogens with one attached hydrogen (secondary N) is 2. The highest BCUT2D eigenvalue weighted by atomic mass is 16.2. The van der Waals surface area contributed by atoms with Gasteiger partial charge in [-0.15, -0.1) is 0 Å². The molecule has 0 aliphatic carbocycles. The third kappa shape index (κ3) is 3.21. The summed E-state index contributed by atoms with van der Waals surface area (Å²) in [5.74, 6) is -0.158. The summed E-state index contributed by atoms with van der Waals surface area (Å²) in [6.45, 7) is 2.91. The Hall–Kier alpha value is -1.62. The Morgan fingerprint density at radius 1 is 1.67 bits per heavy atom. The van der Waals surface area contributed by atoms with Gasteiger partial charge in [0.15, 0.2) is 5.43 Å². The lowest BCUT2D eigenvalue weighted by Gasteiger charge is -2.09. The molecule has 0 aromatic carbocycles. The lowest BCUT2D eigenvalue weighted by atomic mass is 10.2. The first-order valence-electron chi connectivity index (χ1n) is 4.80. The lowest BCUT2D eigenvalue weighted by Crippen LogP contribution is -2.33. The molecule has 1 unspecified atom stereocenters. The maximum absolute atomic E-state index is 11.5. The number of hydrogen-bond acceptors (Lipinski definition) is 3. The molecule has 1 rings (SSSR count). The second-order valence-electron chi connectivity index (χ2n) is 3.47. The molecule has 4 N–H and O–H groups in total. The summed E-state index contributed by atoms with van der Waals surface area (Å²) in [6.07, 6.45) is 2.88. The standard InChI is InChI=1S/C10H15N3O2/c1-7(4-11)5-13-10(15)8-6-12-3-2-9(8)14/h2-3,6-7H,4-5,11H2,1H3,(H,12,14)(H,13,15). The molecular weight excluding hydrogens is 194 g/mol. The maximum Gasteiger partial charge on any atom is 0.256 e. The Morgan fingerprint density at radius 3 is 3.00 bits per heavy atom. The van der Waals surface area contributed by atoms with Gasteiger partial charge in [0.2, 0.25) is 0 Å². The summed E-state index contributed by atoms with van der Waals surface area (Å²) in [6, 6.07) is 1.32. The van der Waals surface area contributed by atoms with Gasteiger partial charge in [-0.05, 0) is 12.5 Å². The molecule has 1 atom stereocenters. The van der Waals surface area contributed by atoms with E-state index in [2.05, 4.69) is 10.3 Å². The zero-order chi connectivity index (χ0) is 11.3. The van der Waals surface area contributed by atoms with E-state index in [-0.39, 0.29) is 22.8 Å². The molecule has 0 saturated heterocycles. The molecule has 5 nitrogen and oxygen atoms in total. The van der Waals surface area contributed by atoms with Gasteiger partial charge in [-0.1, -0.05) is 6.92 Å². The largest absolute Gasteiger partial charge is 0.367 e. The van der Waals surface area contributed by atoms with Crippen LogP contribution in [-0.4, -0.2) is 24.0 Å². The van der Waals surface area contributed by atoms with Gasteiger partial charge in [-0.2, -0.15) is 0 Å². The van der Waals surface area contributed by atoms with Crippen molar-refractivity contribution in [1.82, 2.24) is 10.3 Å². The van der Waals surface area contributed by atoms with Crippen molar-refractivity contribution >= 4 is 5.91 Å². The topological polar surface area (TPSA) is 88.0 Å². The van der Waals surface area contributed by atoms with Gasteiger partial charge in [0.05, 0.1) is 0 Å². The van der Waals surface area contributed by atoms with Crippen molar-refractivity contribution in [1.29, 1.82) is 0 Å². The van der Waals surface area contributed by atoms with Crippen LogP contribution in [0.2, 0.25) is 0 Å². The normalized spacial score (nSPS) is 12.1. The fraction of sp³-hybridized carbons (Fsp3) is 0.400. The second kappa shape index (κ2) is 5.31. The molecule has 1 aromatic rings. The molecule has 1 aromatic heterocycles. The van der Waals surface area contributed by atoms with Crippen molar-refractivity contribution < 1.29 is 4.79 Å². The average molecular weight is 209 g/mol. The molecule has 0 bridgehead atoms. The van der Waals surface area contributed by atoms with Gasteiger partial charge < -0.3 is 16.0 Å². The van der Waals surface area contributed by atoms with Crippen LogP contribution in [0, 0.1) is 5.92 Å². The highest BCUT2D eigenvalue weighted by molar-refractivity contribution is 5.93. The maximum atomic E-state index is 11.5. The number of H-pyrrole nitrogens is 1. The molecule has 15 heavy (non-hydrogen) atoms. The monoisotopic (exact) mass is 209 g/mol. The first-order chi connectivity index (χ1) is 7.15. The molecule has 0 aliphatic rings. The van der Waals surface area contributed by atoms with Crippen molar-refractivity contribution in [3.05, 3.63) is 34.2 Å². The lowest BCUT2D eigenvalue weighted by molar-refractivity contribution is 0.0947. The van der Waals surface area contributed by atoms with Crippen molar-refractivity contribution in [3.63, 3.8) is 0 Å². The quantitative estimate of drug-likeness (QED) is 0.636. The number of nitrogens with two attached hydrogens (primary N) is 1. The molecule has 82 valence electrons. The Kier molecular flexibility index (Phi) is 4.05. The molecule has 0 saturated carbocycles. The molecule has 0 radical (unpaired) electrons. The van der Waals surface area contributed by atoms with Gasteiger partial charge in [0.1, 0.15) is 5.56 Å². The summed E-state index contributed by atoms with van der Waals surface area (Å²) in [4.78, 5) is 25.5. The third-order valence-electron chi connectivity index (χ3n) is 2.08. The van der Waals surface area contributed by atoms with Crippen LogP contribution in [0.15, 0.2) is 23.3 Å². The number of pyridine rings is 1. The Morgan fingerprint density at radius 2 is 2.40 bits per heavy atom. The van der Waals surface area contributed by atoms with Crippen LogP contribution in [0.3, 0.4) is 0 Å². The number of amides is 1. The van der Waals surface area contributed by atoms with Gasteiger partial charge in [0.25, 0.3) is 5.91 Å². The number of aromatic nitrogens is 1. The first-order valence-corrected chi connectivity index (χ1v) is 4.80. The number of carbonyl (C=O) groups is 1. The van der Waals surface area contributed by atoms with Crippen LogP contribution >= 0.6 is 0 Å². The smallest absolute Gasteiger partial charge is 0.256 e. The van der Waals surface area contributed by atoms with Crippen molar-refractivity contribution in [2.45, 2.75) is 6.92 Å². The highest BCUT2D eigenvalue weighted by Gasteiger charge is 2.09. The second-order valence-corrected chi connectivity index (χ2v) is 3.47. The number of aromatic amines is 1. The van der Waals surface area contributed by atoms with E-state index in [0.29, 0.717) is 13.1 Å². The Labute approximate surface area is 87.7 Å². The SMILES string of the molecule is CC(CN)CNC(=O)c1c[nH]ccc1=O. The average Bonchev–Trinajstić information content (AvgIpc) is 2.26. The summed E-state index contributed by atoms with van der Waals surface area (Å²) < 4.78 is 0. The van der Waals surface area contributed by atoms with Crippen LogP contribution in [0.1, 0.15) is 17.3 Å². The van der Waals surface area contributed by atoms with Gasteiger partial charge in [-0.25, -0.2) is 0 Å². The Balaban J connectivity index is 2.62. The molecule has 5 heteroatoms. The molecule has 1 amide bonds. The molecule has 0 aliphatic heterocycles. The fourth-order valence-corrected chi connectivity index (χ4v) is 1.04. The van der Waals surface area contributed by atoms with E-state index in [9.17, 15) is 9.59 Å². The number of carbonyl (C=O) groups excluding carboxylic acids is 1. The van der Waals surface area contributed by atoms with Crippen LogP contribution in [-0.2, 0) is 0 Å². The summed E-state index contributed by atoms with van der Waals surface area (Å²) in [7, 11) is 0. The predicted octanol–water partition coefficient (Wildman–Crippen LogP) is -0.300. The number of rotatable bonds is 4. The van der Waals surface area contributed by atoms with E-state index in [4.69, 9.17) is 5.73 Å². The minimum atomic E-state index is -0.364. The van der Waals surface area contributed by atoms with Gasteiger partial charge in [0, 0.05) is 25.0 Å². The summed E-state index contributed by atoms with van der Waals surface area (Å²) in [5, 5.41) is 2.65. The zero-order valence-corrected chi connectivity index (χ0v) is 8.62. The van der Waals surface area contributed by atoms with Crippen LogP contribution in [0.4, 0.5) is 0 Å². The van der Waals surface area contributed by atoms with Crippen LogP contribution < -0.4 is 16.5 Å².